The molecule has 1 nitrogen and oxygen atoms in total. The van der Waals surface area contributed by atoms with Gasteiger partial charge in [-0.15, -0.1) is 35.7 Å². The molecule has 1 heterocycles. The second kappa shape index (κ2) is 3.85. The zero-order valence-corrected chi connectivity index (χ0v) is 9.97. The minimum Gasteiger partial charge on any atom is -0.192 e. The van der Waals surface area contributed by atoms with Crippen LogP contribution in [0.4, 0.5) is 0 Å². The molecule has 2 aromatic rings. The fourth-order valence-electron chi connectivity index (χ4n) is 1.31. The molecule has 0 radical (unpaired) electrons. The van der Waals surface area contributed by atoms with E-state index in [9.17, 15) is 0 Å². The van der Waals surface area contributed by atoms with Gasteiger partial charge in [0.1, 0.15) is 6.07 Å². The summed E-state index contributed by atoms with van der Waals surface area (Å²) >= 11 is 7.50. The molecule has 1 aromatic carbocycles. The van der Waals surface area contributed by atoms with Crippen molar-refractivity contribution in [3.05, 3.63) is 23.8 Å². The number of nitriles is 1. The molecule has 2 rings (SSSR count). The van der Waals surface area contributed by atoms with E-state index >= 15 is 0 Å². The molecular formula is C10H7NS3. The number of thiophene rings is 1. The smallest absolute Gasteiger partial charge is 0.100 e. The Hall–Kier alpha value is -0.630. The number of rotatable bonds is 1. The van der Waals surface area contributed by atoms with E-state index in [1.165, 1.54) is 5.39 Å². The number of nitrogens with zero attached hydrogens (tertiary/aromatic N) is 1. The highest BCUT2D eigenvalue weighted by Gasteiger charge is 2.05. The molecule has 0 atom stereocenters. The van der Waals surface area contributed by atoms with Crippen LogP contribution >= 0.6 is 35.7 Å². The fraction of sp³-hybridized carbons (Fsp3) is 0.100. The monoisotopic (exact) mass is 237 g/mol. The van der Waals surface area contributed by atoms with Gasteiger partial charge in [-0.1, -0.05) is 0 Å². The second-order valence-corrected chi connectivity index (χ2v) is 5.50. The van der Waals surface area contributed by atoms with Crippen molar-refractivity contribution in [2.45, 2.75) is 9.10 Å². The lowest BCUT2D eigenvalue weighted by molar-refractivity contribution is 1.40. The average molecular weight is 237 g/mol. The molecule has 0 fully saturated rings. The van der Waals surface area contributed by atoms with Crippen molar-refractivity contribution < 1.29 is 0 Å². The molecule has 1 aromatic heterocycles. The Bertz CT molecular complexity index is 522. The Balaban J connectivity index is 2.76. The first-order valence-electron chi connectivity index (χ1n) is 3.95. The SMILES string of the molecule is CSc1cc2cc(S)sc2cc1C#N. The Morgan fingerprint density at radius 1 is 1.43 bits per heavy atom. The van der Waals surface area contributed by atoms with Crippen molar-refractivity contribution in [1.82, 2.24) is 0 Å². The first-order valence-corrected chi connectivity index (χ1v) is 6.44. The highest BCUT2D eigenvalue weighted by Crippen LogP contribution is 2.33. The van der Waals surface area contributed by atoms with Crippen LogP contribution in [0.3, 0.4) is 0 Å². The fourth-order valence-corrected chi connectivity index (χ4v) is 3.14. The van der Waals surface area contributed by atoms with Crippen LogP contribution in [0.1, 0.15) is 5.56 Å². The van der Waals surface area contributed by atoms with Crippen molar-refractivity contribution in [1.29, 1.82) is 5.26 Å². The molecule has 0 amide bonds. The van der Waals surface area contributed by atoms with Gasteiger partial charge in [-0.05, 0) is 29.8 Å². The summed E-state index contributed by atoms with van der Waals surface area (Å²) in [7, 11) is 0. The third kappa shape index (κ3) is 1.63. The number of hydrogen-bond acceptors (Lipinski definition) is 4. The van der Waals surface area contributed by atoms with E-state index in [1.807, 2.05) is 18.4 Å². The number of thiol groups is 1. The van der Waals surface area contributed by atoms with E-state index in [1.54, 1.807) is 23.1 Å². The Morgan fingerprint density at radius 2 is 2.21 bits per heavy atom. The lowest BCUT2D eigenvalue weighted by Gasteiger charge is -1.99. The largest absolute Gasteiger partial charge is 0.192 e. The van der Waals surface area contributed by atoms with Crippen molar-refractivity contribution in [3.63, 3.8) is 0 Å². The van der Waals surface area contributed by atoms with Crippen LogP contribution in [0.2, 0.25) is 0 Å². The van der Waals surface area contributed by atoms with Gasteiger partial charge in [0.05, 0.1) is 9.77 Å². The summed E-state index contributed by atoms with van der Waals surface area (Å²) in [6, 6.07) is 8.23. The van der Waals surface area contributed by atoms with Gasteiger partial charge >= 0.3 is 0 Å². The molecule has 0 saturated heterocycles. The normalized spacial score (nSPS) is 10.4. The topological polar surface area (TPSA) is 23.8 Å². The highest BCUT2D eigenvalue weighted by atomic mass is 32.2. The van der Waals surface area contributed by atoms with Crippen molar-refractivity contribution in [3.8, 4) is 6.07 Å². The van der Waals surface area contributed by atoms with Gasteiger partial charge in [-0.2, -0.15) is 5.26 Å². The van der Waals surface area contributed by atoms with Gasteiger partial charge in [0.25, 0.3) is 0 Å². The van der Waals surface area contributed by atoms with Crippen LogP contribution in [0.5, 0.6) is 0 Å². The van der Waals surface area contributed by atoms with Crippen LogP contribution in [0.25, 0.3) is 10.1 Å². The molecule has 4 heteroatoms. The maximum Gasteiger partial charge on any atom is 0.100 e. The lowest BCUT2D eigenvalue weighted by Crippen LogP contribution is -1.78. The molecule has 0 unspecified atom stereocenters. The Kier molecular flexibility index (Phi) is 2.73. The van der Waals surface area contributed by atoms with Gasteiger partial charge < -0.3 is 0 Å². The zero-order chi connectivity index (χ0) is 10.1. The van der Waals surface area contributed by atoms with E-state index in [4.69, 9.17) is 5.26 Å². The molecule has 0 saturated carbocycles. The van der Waals surface area contributed by atoms with E-state index in [-0.39, 0.29) is 0 Å². The summed E-state index contributed by atoms with van der Waals surface area (Å²) < 4.78 is 2.12. The molecular weight excluding hydrogens is 230 g/mol. The second-order valence-electron chi connectivity index (χ2n) is 2.79. The summed E-state index contributed by atoms with van der Waals surface area (Å²) in [4.78, 5) is 1.03. The van der Waals surface area contributed by atoms with Crippen molar-refractivity contribution >= 4 is 45.8 Å². The average Bonchev–Trinajstić information content (AvgIpc) is 2.54. The standard InChI is InChI=1S/C10H7NS3/c1-13-8-2-6-4-10(12)14-9(6)3-7(8)5-11/h2-4,12H,1H3. The third-order valence-electron chi connectivity index (χ3n) is 1.95. The van der Waals surface area contributed by atoms with Crippen LogP contribution in [-0.2, 0) is 0 Å². The molecule has 70 valence electrons. The van der Waals surface area contributed by atoms with Crippen molar-refractivity contribution in [2.75, 3.05) is 6.26 Å². The summed E-state index contributed by atoms with van der Waals surface area (Å²) in [5.74, 6) is 0. The molecule has 14 heavy (non-hydrogen) atoms. The molecule has 0 aliphatic heterocycles. The Labute approximate surface area is 96.2 Å². The summed E-state index contributed by atoms with van der Waals surface area (Å²) in [6.07, 6.45) is 1.98. The van der Waals surface area contributed by atoms with Crippen molar-refractivity contribution in [2.24, 2.45) is 0 Å². The predicted molar refractivity (Wildman–Crippen MR) is 65.6 cm³/mol. The van der Waals surface area contributed by atoms with Gasteiger partial charge in [-0.3, -0.25) is 0 Å². The van der Waals surface area contributed by atoms with Gasteiger partial charge in [0.2, 0.25) is 0 Å². The van der Waals surface area contributed by atoms with E-state index in [0.29, 0.717) is 0 Å². The molecule has 0 spiro atoms. The molecule has 0 aliphatic rings. The lowest BCUT2D eigenvalue weighted by atomic mass is 10.2. The van der Waals surface area contributed by atoms with Crippen LogP contribution in [0, 0.1) is 11.3 Å². The summed E-state index contributed by atoms with van der Waals surface area (Å²) in [5.41, 5.74) is 0.750. The van der Waals surface area contributed by atoms with Crippen LogP contribution in [0.15, 0.2) is 27.3 Å². The zero-order valence-electron chi connectivity index (χ0n) is 7.44. The number of benzene rings is 1. The van der Waals surface area contributed by atoms with Crippen LogP contribution < -0.4 is 0 Å². The number of fused-ring (bicyclic) bond motifs is 1. The number of thioether (sulfide) groups is 1. The van der Waals surface area contributed by atoms with Gasteiger partial charge in [0.15, 0.2) is 0 Å². The Morgan fingerprint density at radius 3 is 2.86 bits per heavy atom. The molecule has 0 bridgehead atoms. The third-order valence-corrected chi connectivity index (χ3v) is 4.03. The maximum absolute atomic E-state index is 8.94. The summed E-state index contributed by atoms with van der Waals surface area (Å²) in [6.45, 7) is 0. The van der Waals surface area contributed by atoms with E-state index in [2.05, 4.69) is 24.8 Å². The summed E-state index contributed by atoms with van der Waals surface area (Å²) in [5, 5.41) is 10.1. The minimum absolute atomic E-state index is 0.750. The quantitative estimate of drug-likeness (QED) is 0.602. The maximum atomic E-state index is 8.94. The molecule has 0 aliphatic carbocycles. The first-order chi connectivity index (χ1) is 6.74. The molecule has 0 N–H and O–H groups in total. The van der Waals surface area contributed by atoms with E-state index < -0.39 is 0 Å². The predicted octanol–water partition coefficient (Wildman–Crippen LogP) is 3.78. The van der Waals surface area contributed by atoms with Gasteiger partial charge in [0, 0.05) is 9.60 Å². The minimum atomic E-state index is 0.750. The van der Waals surface area contributed by atoms with Gasteiger partial charge in [-0.25, -0.2) is 0 Å². The van der Waals surface area contributed by atoms with Crippen LogP contribution in [-0.4, -0.2) is 6.26 Å². The first kappa shape index (κ1) is 9.91. The van der Waals surface area contributed by atoms with E-state index in [0.717, 1.165) is 19.4 Å². The highest BCUT2D eigenvalue weighted by molar-refractivity contribution is 7.98. The number of hydrogen-bond donors (Lipinski definition) is 1.